The normalized spacial score (nSPS) is 30.9. The first kappa shape index (κ1) is 18.1. The highest BCUT2D eigenvalue weighted by Crippen LogP contribution is 2.46. The Morgan fingerprint density at radius 3 is 2.15 bits per heavy atom. The highest BCUT2D eigenvalue weighted by atomic mass is 14.4. The van der Waals surface area contributed by atoms with Crippen molar-refractivity contribution >= 4 is 0 Å². The van der Waals surface area contributed by atoms with Gasteiger partial charge in [0.1, 0.15) is 0 Å². The summed E-state index contributed by atoms with van der Waals surface area (Å²) in [4.78, 5) is 0. The predicted octanol–water partition coefficient (Wildman–Crippen LogP) is 7.08. The van der Waals surface area contributed by atoms with E-state index >= 15 is 0 Å². The summed E-state index contributed by atoms with van der Waals surface area (Å²) < 4.78 is 0. The molecule has 0 spiro atoms. The second-order valence-corrected chi connectivity index (χ2v) is 8.33. The third kappa shape index (κ3) is 5.78. The van der Waals surface area contributed by atoms with Crippen LogP contribution in [0.5, 0.6) is 0 Å². The summed E-state index contributed by atoms with van der Waals surface area (Å²) in [5.41, 5.74) is 0.723. The van der Waals surface area contributed by atoms with Gasteiger partial charge in [-0.25, -0.2) is 0 Å². The molecule has 0 saturated heterocycles. The first-order valence-electron chi connectivity index (χ1n) is 9.47. The van der Waals surface area contributed by atoms with E-state index in [1.807, 2.05) is 13.8 Å². The van der Waals surface area contributed by atoms with Gasteiger partial charge in [-0.1, -0.05) is 60.8 Å². The fourth-order valence-corrected chi connectivity index (χ4v) is 4.80. The molecule has 4 unspecified atom stereocenters. The van der Waals surface area contributed by atoms with Crippen molar-refractivity contribution in [3.8, 4) is 0 Å². The lowest BCUT2D eigenvalue weighted by molar-refractivity contribution is 0.112. The summed E-state index contributed by atoms with van der Waals surface area (Å²) in [6.45, 7) is 13.9. The van der Waals surface area contributed by atoms with E-state index in [1.54, 1.807) is 0 Å². The summed E-state index contributed by atoms with van der Waals surface area (Å²) in [7, 11) is 0. The minimum atomic E-state index is 0.723. The zero-order chi connectivity index (χ0) is 15.2. The maximum atomic E-state index is 2.51. The Morgan fingerprint density at radius 1 is 1.05 bits per heavy atom. The minimum Gasteiger partial charge on any atom is -0.0683 e. The molecule has 0 N–H and O–H groups in total. The molecule has 2 aliphatic rings. The van der Waals surface area contributed by atoms with Crippen molar-refractivity contribution in [2.24, 2.45) is 29.1 Å². The van der Waals surface area contributed by atoms with E-state index in [2.05, 4.69) is 27.7 Å². The fraction of sp³-hybridized carbons (Fsp3) is 1.00. The maximum absolute atomic E-state index is 2.51. The van der Waals surface area contributed by atoms with E-state index in [0.29, 0.717) is 0 Å². The molecule has 2 saturated carbocycles. The van der Waals surface area contributed by atoms with Crippen LogP contribution in [0, 0.1) is 29.1 Å². The predicted molar refractivity (Wildman–Crippen MR) is 92.0 cm³/mol. The molecule has 0 bridgehead atoms. The number of rotatable bonds is 6. The van der Waals surface area contributed by atoms with Gasteiger partial charge >= 0.3 is 0 Å². The zero-order valence-electron chi connectivity index (χ0n) is 15.2. The Kier molecular flexibility index (Phi) is 7.62. The smallest absolute Gasteiger partial charge is 0.0323 e. The Hall–Kier alpha value is 0. The molecular formula is C20H40. The molecule has 120 valence electrons. The van der Waals surface area contributed by atoms with Crippen molar-refractivity contribution in [2.75, 3.05) is 0 Å². The Morgan fingerprint density at radius 2 is 1.70 bits per heavy atom. The average Bonchev–Trinajstić information content (AvgIpc) is 2.74. The monoisotopic (exact) mass is 280 g/mol. The lowest BCUT2D eigenvalue weighted by Gasteiger charge is -2.41. The largest absolute Gasteiger partial charge is 0.0683 e. The van der Waals surface area contributed by atoms with Crippen LogP contribution < -0.4 is 0 Å². The minimum absolute atomic E-state index is 0.723. The topological polar surface area (TPSA) is 0 Å². The molecule has 0 amide bonds. The molecule has 4 atom stereocenters. The van der Waals surface area contributed by atoms with Crippen LogP contribution in [0.4, 0.5) is 0 Å². The Labute approximate surface area is 129 Å². The van der Waals surface area contributed by atoms with Gasteiger partial charge in [-0.2, -0.15) is 0 Å². The van der Waals surface area contributed by atoms with Gasteiger partial charge < -0.3 is 0 Å². The molecule has 2 aliphatic carbocycles. The Balaban J connectivity index is 0.000000956. The average molecular weight is 281 g/mol. The maximum Gasteiger partial charge on any atom is -0.0323 e. The van der Waals surface area contributed by atoms with Crippen LogP contribution in [-0.2, 0) is 0 Å². The zero-order valence-corrected chi connectivity index (χ0v) is 15.2. The number of hydrogen-bond acceptors (Lipinski definition) is 0. The van der Waals surface area contributed by atoms with E-state index in [-0.39, 0.29) is 0 Å². The van der Waals surface area contributed by atoms with Gasteiger partial charge in [-0.05, 0) is 67.6 Å². The lowest BCUT2D eigenvalue weighted by Crippen LogP contribution is -2.28. The molecule has 2 rings (SSSR count). The van der Waals surface area contributed by atoms with Crippen LogP contribution in [0.1, 0.15) is 99.3 Å². The van der Waals surface area contributed by atoms with E-state index in [9.17, 15) is 0 Å². The van der Waals surface area contributed by atoms with Crippen molar-refractivity contribution in [3.05, 3.63) is 0 Å². The van der Waals surface area contributed by atoms with E-state index in [4.69, 9.17) is 0 Å². The van der Waals surface area contributed by atoms with Crippen molar-refractivity contribution in [2.45, 2.75) is 99.3 Å². The molecule has 0 radical (unpaired) electrons. The van der Waals surface area contributed by atoms with Crippen molar-refractivity contribution in [3.63, 3.8) is 0 Å². The standard InChI is InChI=1S/C18H34.C2H6/c1-14-6-7-17(11-14)12-15(2)10-16(3)13-18(4)8-5-9-18;1-2/h14-17H,5-13H2,1-4H3;1-2H3. The van der Waals surface area contributed by atoms with Gasteiger partial charge in [-0.3, -0.25) is 0 Å². The van der Waals surface area contributed by atoms with E-state index in [0.717, 1.165) is 29.1 Å². The summed E-state index contributed by atoms with van der Waals surface area (Å²) in [6.07, 6.45) is 13.4. The SMILES string of the molecule is CC.CC1CCC(CC(C)CC(C)CC2(C)CCC2)C1. The van der Waals surface area contributed by atoms with Crippen LogP contribution in [-0.4, -0.2) is 0 Å². The molecule has 2 fully saturated rings. The Bertz CT molecular complexity index is 251. The van der Waals surface area contributed by atoms with E-state index in [1.165, 1.54) is 57.8 Å². The third-order valence-electron chi connectivity index (χ3n) is 5.75. The molecule has 20 heavy (non-hydrogen) atoms. The second kappa shape index (κ2) is 8.44. The summed E-state index contributed by atoms with van der Waals surface area (Å²) >= 11 is 0. The van der Waals surface area contributed by atoms with Crippen LogP contribution in [0.25, 0.3) is 0 Å². The molecule has 0 nitrogen and oxygen atoms in total. The van der Waals surface area contributed by atoms with Gasteiger partial charge in [-0.15, -0.1) is 0 Å². The van der Waals surface area contributed by atoms with Crippen molar-refractivity contribution in [1.29, 1.82) is 0 Å². The van der Waals surface area contributed by atoms with Gasteiger partial charge in [0.15, 0.2) is 0 Å². The van der Waals surface area contributed by atoms with Crippen molar-refractivity contribution in [1.82, 2.24) is 0 Å². The molecule has 0 aromatic heterocycles. The first-order chi connectivity index (χ1) is 9.47. The van der Waals surface area contributed by atoms with E-state index < -0.39 is 0 Å². The van der Waals surface area contributed by atoms with Gasteiger partial charge in [0.05, 0.1) is 0 Å². The van der Waals surface area contributed by atoms with Crippen LogP contribution >= 0.6 is 0 Å². The second-order valence-electron chi connectivity index (χ2n) is 8.33. The molecule has 0 heterocycles. The molecule has 0 aromatic carbocycles. The highest BCUT2D eigenvalue weighted by molar-refractivity contribution is 4.85. The summed E-state index contributed by atoms with van der Waals surface area (Å²) in [5.74, 6) is 3.97. The molecule has 0 aromatic rings. The van der Waals surface area contributed by atoms with Gasteiger partial charge in [0.25, 0.3) is 0 Å². The number of hydrogen-bond donors (Lipinski definition) is 0. The van der Waals surface area contributed by atoms with Gasteiger partial charge in [0.2, 0.25) is 0 Å². The lowest BCUT2D eigenvalue weighted by atomic mass is 9.65. The molecular weight excluding hydrogens is 240 g/mol. The summed E-state index contributed by atoms with van der Waals surface area (Å²) in [5, 5.41) is 0. The van der Waals surface area contributed by atoms with Crippen LogP contribution in [0.3, 0.4) is 0 Å². The molecule has 0 aliphatic heterocycles. The van der Waals surface area contributed by atoms with Crippen molar-refractivity contribution < 1.29 is 0 Å². The van der Waals surface area contributed by atoms with Gasteiger partial charge in [0, 0.05) is 0 Å². The fourth-order valence-electron chi connectivity index (χ4n) is 4.80. The van der Waals surface area contributed by atoms with Crippen LogP contribution in [0.2, 0.25) is 0 Å². The highest BCUT2D eigenvalue weighted by Gasteiger charge is 2.33. The molecule has 0 heteroatoms. The third-order valence-corrected chi connectivity index (χ3v) is 5.75. The first-order valence-corrected chi connectivity index (χ1v) is 9.47. The summed E-state index contributed by atoms with van der Waals surface area (Å²) in [6, 6.07) is 0. The quantitative estimate of drug-likeness (QED) is 0.487. The van der Waals surface area contributed by atoms with Crippen LogP contribution in [0.15, 0.2) is 0 Å².